The van der Waals surface area contributed by atoms with Crippen molar-refractivity contribution in [3.8, 4) is 11.5 Å². The van der Waals surface area contributed by atoms with E-state index in [1.807, 2.05) is 13.0 Å². The van der Waals surface area contributed by atoms with Gasteiger partial charge in [-0.2, -0.15) is 0 Å². The third-order valence-corrected chi connectivity index (χ3v) is 5.20. The lowest BCUT2D eigenvalue weighted by atomic mass is 9.97. The number of rotatable bonds is 5. The van der Waals surface area contributed by atoms with Gasteiger partial charge in [0.2, 0.25) is 5.76 Å². The molecule has 1 amide bonds. The van der Waals surface area contributed by atoms with Crippen molar-refractivity contribution in [2.45, 2.75) is 19.4 Å². The molecule has 3 aromatic rings. The summed E-state index contributed by atoms with van der Waals surface area (Å²) in [5.74, 6) is -0.179. The second-order valence-electron chi connectivity index (χ2n) is 7.08. The van der Waals surface area contributed by atoms with Gasteiger partial charge in [0.25, 0.3) is 5.91 Å². The van der Waals surface area contributed by atoms with Crippen LogP contribution in [0, 0.1) is 6.92 Å². The number of phenolic OH excluding ortho intramolecular Hbond substituents is 1. The number of hydrogen-bond acceptors (Lipinski definition) is 6. The van der Waals surface area contributed by atoms with E-state index in [1.165, 1.54) is 18.1 Å². The van der Waals surface area contributed by atoms with Crippen molar-refractivity contribution in [1.29, 1.82) is 0 Å². The molecule has 150 valence electrons. The lowest BCUT2D eigenvalue weighted by molar-refractivity contribution is 0.0716. The van der Waals surface area contributed by atoms with Crippen molar-refractivity contribution in [3.05, 3.63) is 69.1 Å². The summed E-state index contributed by atoms with van der Waals surface area (Å²) in [5.41, 5.74) is 1.89. The molecule has 2 aromatic carbocycles. The highest BCUT2D eigenvalue weighted by atomic mass is 16.5. The number of ether oxygens (including phenoxy) is 1. The van der Waals surface area contributed by atoms with Gasteiger partial charge in [0.1, 0.15) is 5.58 Å². The number of methoxy groups -OCH3 is 1. The number of aliphatic hydroxyl groups is 1. The van der Waals surface area contributed by atoms with E-state index in [1.54, 1.807) is 24.3 Å². The first kappa shape index (κ1) is 19.0. The number of benzene rings is 2. The van der Waals surface area contributed by atoms with E-state index in [0.717, 1.165) is 5.56 Å². The Morgan fingerprint density at radius 2 is 1.97 bits per heavy atom. The molecule has 0 spiro atoms. The summed E-state index contributed by atoms with van der Waals surface area (Å²) in [6.07, 6.45) is 0.359. The normalized spacial score (nSPS) is 15.8. The molecule has 0 radical (unpaired) electrons. The summed E-state index contributed by atoms with van der Waals surface area (Å²) in [6.45, 7) is 2.05. The van der Waals surface area contributed by atoms with E-state index in [0.29, 0.717) is 23.0 Å². The quantitative estimate of drug-likeness (QED) is 0.689. The van der Waals surface area contributed by atoms with Crippen molar-refractivity contribution < 1.29 is 24.2 Å². The largest absolute Gasteiger partial charge is 0.504 e. The van der Waals surface area contributed by atoms with Crippen molar-refractivity contribution in [2.24, 2.45) is 0 Å². The monoisotopic (exact) mass is 395 g/mol. The molecule has 29 heavy (non-hydrogen) atoms. The molecule has 1 aliphatic heterocycles. The minimum absolute atomic E-state index is 0.0151. The van der Waals surface area contributed by atoms with Gasteiger partial charge in [0.05, 0.1) is 24.1 Å². The second kappa shape index (κ2) is 7.25. The number of hydrogen-bond donors (Lipinski definition) is 2. The third kappa shape index (κ3) is 3.03. The SMILES string of the molecule is COc1cc([C@H]2c3c(oc4ccc(C)cc4c3=O)C(=O)N2CCCO)ccc1O. The summed E-state index contributed by atoms with van der Waals surface area (Å²) >= 11 is 0. The molecule has 2 N–H and O–H groups in total. The molecule has 4 rings (SSSR count). The van der Waals surface area contributed by atoms with Crippen LogP contribution in [-0.2, 0) is 0 Å². The average Bonchev–Trinajstić information content (AvgIpc) is 2.99. The van der Waals surface area contributed by atoms with Crippen LogP contribution in [-0.4, -0.2) is 41.3 Å². The van der Waals surface area contributed by atoms with Gasteiger partial charge < -0.3 is 24.3 Å². The van der Waals surface area contributed by atoms with Gasteiger partial charge in [-0.1, -0.05) is 17.7 Å². The van der Waals surface area contributed by atoms with Crippen molar-refractivity contribution >= 4 is 16.9 Å². The minimum Gasteiger partial charge on any atom is -0.504 e. The Bertz CT molecular complexity index is 1170. The van der Waals surface area contributed by atoms with E-state index in [4.69, 9.17) is 9.15 Å². The number of amides is 1. The molecule has 1 aliphatic rings. The molecule has 0 aliphatic carbocycles. The third-order valence-electron chi connectivity index (χ3n) is 5.20. The van der Waals surface area contributed by atoms with Gasteiger partial charge in [0.15, 0.2) is 16.9 Å². The number of carbonyl (C=O) groups excluding carboxylic acids is 1. The van der Waals surface area contributed by atoms with Crippen LogP contribution >= 0.6 is 0 Å². The first-order chi connectivity index (χ1) is 14.0. The fourth-order valence-electron chi connectivity index (χ4n) is 3.82. The lowest BCUT2D eigenvalue weighted by Gasteiger charge is -2.25. The first-order valence-electron chi connectivity index (χ1n) is 9.32. The molecular weight excluding hydrogens is 374 g/mol. The van der Waals surface area contributed by atoms with Crippen molar-refractivity contribution in [2.75, 3.05) is 20.3 Å². The van der Waals surface area contributed by atoms with E-state index in [2.05, 4.69) is 0 Å². The lowest BCUT2D eigenvalue weighted by Crippen LogP contribution is -2.31. The first-order valence-corrected chi connectivity index (χ1v) is 9.32. The van der Waals surface area contributed by atoms with E-state index >= 15 is 0 Å². The Morgan fingerprint density at radius 1 is 1.17 bits per heavy atom. The maximum atomic E-state index is 13.4. The number of aryl methyl sites for hydroxylation is 1. The number of aromatic hydroxyl groups is 1. The maximum Gasteiger partial charge on any atom is 0.290 e. The maximum absolute atomic E-state index is 13.4. The molecule has 0 bridgehead atoms. The summed E-state index contributed by atoms with van der Waals surface area (Å²) in [7, 11) is 1.43. The topological polar surface area (TPSA) is 100 Å². The van der Waals surface area contributed by atoms with E-state index in [-0.39, 0.29) is 41.4 Å². The highest BCUT2D eigenvalue weighted by Crippen LogP contribution is 2.40. The summed E-state index contributed by atoms with van der Waals surface area (Å²) < 4.78 is 11.1. The highest BCUT2D eigenvalue weighted by Gasteiger charge is 2.42. The highest BCUT2D eigenvalue weighted by molar-refractivity contribution is 5.99. The zero-order valence-electron chi connectivity index (χ0n) is 16.1. The molecule has 7 nitrogen and oxygen atoms in total. The van der Waals surface area contributed by atoms with Crippen LogP contribution in [0.2, 0.25) is 0 Å². The van der Waals surface area contributed by atoms with Crippen LogP contribution in [0.3, 0.4) is 0 Å². The number of carbonyl (C=O) groups is 1. The van der Waals surface area contributed by atoms with Gasteiger partial charge in [-0.15, -0.1) is 0 Å². The molecular formula is C22H21NO6. The Labute approximate surface area is 166 Å². The second-order valence-corrected chi connectivity index (χ2v) is 7.08. The van der Waals surface area contributed by atoms with Gasteiger partial charge in [-0.05, 0) is 43.2 Å². The summed E-state index contributed by atoms with van der Waals surface area (Å²) in [4.78, 5) is 28.0. The smallest absolute Gasteiger partial charge is 0.290 e. The molecule has 0 fully saturated rings. The molecule has 0 saturated carbocycles. The Balaban J connectivity index is 1.98. The number of phenols is 1. The van der Waals surface area contributed by atoms with E-state index < -0.39 is 11.9 Å². The molecule has 2 heterocycles. The molecule has 1 aromatic heterocycles. The average molecular weight is 395 g/mol. The fourth-order valence-corrected chi connectivity index (χ4v) is 3.82. The Kier molecular flexibility index (Phi) is 4.76. The number of nitrogens with zero attached hydrogens (tertiary/aromatic N) is 1. The van der Waals surface area contributed by atoms with Crippen molar-refractivity contribution in [3.63, 3.8) is 0 Å². The van der Waals surface area contributed by atoms with Crippen LogP contribution in [0.1, 0.15) is 39.7 Å². The van der Waals surface area contributed by atoms with Crippen LogP contribution in [0.25, 0.3) is 11.0 Å². The standard InChI is InChI=1S/C22H21NO6/c1-12-4-7-16-14(10-12)20(26)18-19(13-5-6-15(25)17(11-13)28-2)23(8-3-9-24)22(27)21(18)29-16/h4-7,10-11,19,24-25H,3,8-9H2,1-2H3/t19-/m0/s1. The van der Waals surface area contributed by atoms with Crippen LogP contribution < -0.4 is 10.2 Å². The van der Waals surface area contributed by atoms with Crippen LogP contribution in [0.5, 0.6) is 11.5 Å². The van der Waals surface area contributed by atoms with Gasteiger partial charge in [0, 0.05) is 13.2 Å². The molecule has 7 heteroatoms. The predicted octanol–water partition coefficient (Wildman–Crippen LogP) is 2.74. The molecule has 0 unspecified atom stereocenters. The Hall–Kier alpha value is -3.32. The van der Waals surface area contributed by atoms with Gasteiger partial charge in [-0.25, -0.2) is 0 Å². The van der Waals surface area contributed by atoms with Crippen LogP contribution in [0.4, 0.5) is 0 Å². The van der Waals surface area contributed by atoms with Crippen LogP contribution in [0.15, 0.2) is 45.6 Å². The van der Waals surface area contributed by atoms with Crippen molar-refractivity contribution in [1.82, 2.24) is 4.90 Å². The zero-order valence-corrected chi connectivity index (χ0v) is 16.1. The van der Waals surface area contributed by atoms with E-state index in [9.17, 15) is 19.8 Å². The van der Waals surface area contributed by atoms with Gasteiger partial charge >= 0.3 is 0 Å². The zero-order chi connectivity index (χ0) is 20.7. The summed E-state index contributed by atoms with van der Waals surface area (Å²) in [6, 6.07) is 9.28. The molecule has 0 saturated heterocycles. The minimum atomic E-state index is -0.695. The predicted molar refractivity (Wildman–Crippen MR) is 106 cm³/mol. The Morgan fingerprint density at radius 3 is 2.69 bits per heavy atom. The fraction of sp³-hybridized carbons (Fsp3) is 0.273. The van der Waals surface area contributed by atoms with Gasteiger partial charge in [-0.3, -0.25) is 9.59 Å². The molecule has 1 atom stereocenters. The summed E-state index contributed by atoms with van der Waals surface area (Å²) in [5, 5.41) is 19.6. The number of aliphatic hydroxyl groups excluding tert-OH is 1. The number of fused-ring (bicyclic) bond motifs is 2.